The number of hydroxylamine groups is 2. The highest BCUT2D eigenvalue weighted by Crippen LogP contribution is 2.55. The summed E-state index contributed by atoms with van der Waals surface area (Å²) >= 11 is 0. The normalized spacial score (nSPS) is 18.4. The molecule has 3 nitrogen and oxygen atoms in total. The molecular weight excluding hydrogens is 449 g/mol. The monoisotopic (exact) mass is 490 g/mol. The zero-order chi connectivity index (χ0) is 24.9. The van der Waals surface area contributed by atoms with E-state index in [1.165, 1.54) is 21.0 Å². The van der Waals surface area contributed by atoms with E-state index in [4.69, 9.17) is 4.74 Å². The van der Waals surface area contributed by atoms with Gasteiger partial charge in [0.05, 0.1) is 12.3 Å². The fourth-order valence-electron chi connectivity index (χ4n) is 5.88. The number of hydrogen-bond donors (Lipinski definition) is 1. The Morgan fingerprint density at radius 3 is 1.51 bits per heavy atom. The van der Waals surface area contributed by atoms with Gasteiger partial charge in [0.2, 0.25) is 0 Å². The van der Waals surface area contributed by atoms with Crippen molar-refractivity contribution in [1.29, 1.82) is 0 Å². The molecule has 3 aromatic rings. The van der Waals surface area contributed by atoms with Crippen molar-refractivity contribution < 1.29 is 9.94 Å². The Bertz CT molecular complexity index is 938. The van der Waals surface area contributed by atoms with E-state index in [-0.39, 0.29) is 17.2 Å². The molecule has 186 valence electrons. The Labute approximate surface area is 212 Å². The van der Waals surface area contributed by atoms with Crippen molar-refractivity contribution in [3.8, 4) is 0 Å². The molecule has 4 heteroatoms. The van der Waals surface area contributed by atoms with Crippen molar-refractivity contribution >= 4 is 23.2 Å². The van der Waals surface area contributed by atoms with Gasteiger partial charge < -0.3 is 9.94 Å². The summed E-state index contributed by atoms with van der Waals surface area (Å²) < 4.78 is 6.41. The maximum absolute atomic E-state index is 10.6. The summed E-state index contributed by atoms with van der Waals surface area (Å²) in [4.78, 5) is 0. The summed E-state index contributed by atoms with van der Waals surface area (Å²) in [5.41, 5.74) is -0.554. The van der Waals surface area contributed by atoms with E-state index in [0.29, 0.717) is 0 Å². The van der Waals surface area contributed by atoms with Crippen molar-refractivity contribution in [1.82, 2.24) is 5.06 Å². The summed E-state index contributed by atoms with van der Waals surface area (Å²) in [5, 5.41) is 16.4. The maximum Gasteiger partial charge on any atom is 0.112 e. The minimum absolute atomic E-state index is 0.181. The molecule has 1 N–H and O–H groups in total. The van der Waals surface area contributed by atoms with E-state index in [1.54, 1.807) is 0 Å². The highest BCUT2D eigenvalue weighted by molar-refractivity contribution is 7.95. The molecule has 1 aliphatic heterocycles. The molecule has 0 radical (unpaired) electrons. The van der Waals surface area contributed by atoms with E-state index in [2.05, 4.69) is 119 Å². The summed E-state index contributed by atoms with van der Waals surface area (Å²) in [6.07, 6.45) is 5.15. The van der Waals surface area contributed by atoms with E-state index in [0.717, 1.165) is 38.5 Å². The predicted molar refractivity (Wildman–Crippen MR) is 150 cm³/mol. The van der Waals surface area contributed by atoms with Crippen LogP contribution in [0.15, 0.2) is 91.0 Å². The first-order chi connectivity index (χ1) is 16.8. The number of hydrogen-bond acceptors (Lipinski definition) is 3. The molecular formula is C31H41NO2P+. The molecule has 1 saturated heterocycles. The van der Waals surface area contributed by atoms with Gasteiger partial charge in [-0.1, -0.05) is 54.6 Å². The largest absolute Gasteiger partial charge is 0.378 e. The Morgan fingerprint density at radius 1 is 0.714 bits per heavy atom. The SMILES string of the molecule is CC1(C)CC(OCCCC[P+](c2ccccc2)(c2ccccc2)c2ccccc2)CC(C)(C)N1O. The van der Waals surface area contributed by atoms with E-state index >= 15 is 0 Å². The van der Waals surface area contributed by atoms with E-state index in [9.17, 15) is 5.21 Å². The van der Waals surface area contributed by atoms with Gasteiger partial charge in [-0.05, 0) is 89.8 Å². The van der Waals surface area contributed by atoms with Gasteiger partial charge >= 0.3 is 0 Å². The standard InChI is InChI=1S/C31H41NO2P/c1-30(2)24-26(25-31(3,4)32(30)33)34-22-14-15-23-35(27-16-8-5-9-17-27,28-18-10-6-11-19-28)29-20-12-7-13-21-29/h5-13,16-21,26,33H,14-15,22-25H2,1-4H3/q+1. The average molecular weight is 491 g/mol. The summed E-state index contributed by atoms with van der Waals surface area (Å²) in [6, 6.07) is 33.3. The minimum atomic E-state index is -1.77. The highest BCUT2D eigenvalue weighted by atomic mass is 31.2. The molecule has 1 heterocycles. The molecule has 0 atom stereocenters. The summed E-state index contributed by atoms with van der Waals surface area (Å²) in [6.45, 7) is 9.16. The molecule has 0 spiro atoms. The number of nitrogens with zero attached hydrogens (tertiary/aromatic N) is 1. The zero-order valence-corrected chi connectivity index (χ0v) is 22.6. The average Bonchev–Trinajstić information content (AvgIpc) is 2.86. The molecule has 1 aliphatic rings. The lowest BCUT2D eigenvalue weighted by Gasteiger charge is -2.51. The van der Waals surface area contributed by atoms with Gasteiger partial charge in [0, 0.05) is 17.7 Å². The Balaban J connectivity index is 1.50. The van der Waals surface area contributed by atoms with Gasteiger partial charge in [0.15, 0.2) is 0 Å². The second-order valence-electron chi connectivity index (χ2n) is 11.1. The number of piperidine rings is 1. The molecule has 0 aromatic heterocycles. The third-order valence-electron chi connectivity index (χ3n) is 7.43. The van der Waals surface area contributed by atoms with Gasteiger partial charge in [0.25, 0.3) is 0 Å². The van der Waals surface area contributed by atoms with Gasteiger partial charge in [-0.15, -0.1) is 0 Å². The third kappa shape index (κ3) is 5.70. The lowest BCUT2D eigenvalue weighted by Crippen LogP contribution is -2.60. The Kier molecular flexibility index (Phi) is 8.13. The van der Waals surface area contributed by atoms with Crippen LogP contribution in [-0.2, 0) is 4.74 Å². The van der Waals surface area contributed by atoms with Crippen molar-refractivity contribution in [3.05, 3.63) is 91.0 Å². The fraction of sp³-hybridized carbons (Fsp3) is 0.419. The molecule has 4 rings (SSSR count). The predicted octanol–water partition coefficient (Wildman–Crippen LogP) is 6.19. The van der Waals surface area contributed by atoms with Crippen molar-refractivity contribution in [2.24, 2.45) is 0 Å². The van der Waals surface area contributed by atoms with Crippen molar-refractivity contribution in [2.45, 2.75) is 70.6 Å². The molecule has 0 bridgehead atoms. The number of unbranched alkanes of at least 4 members (excludes halogenated alkanes) is 1. The third-order valence-corrected chi connectivity index (χ3v) is 12.0. The lowest BCUT2D eigenvalue weighted by molar-refractivity contribution is -0.261. The van der Waals surface area contributed by atoms with Crippen LogP contribution in [0.2, 0.25) is 0 Å². The zero-order valence-electron chi connectivity index (χ0n) is 21.7. The van der Waals surface area contributed by atoms with Crippen molar-refractivity contribution in [3.63, 3.8) is 0 Å². The van der Waals surface area contributed by atoms with Crippen LogP contribution in [0.1, 0.15) is 53.4 Å². The first-order valence-corrected chi connectivity index (χ1v) is 14.9. The van der Waals surface area contributed by atoms with Crippen LogP contribution in [0.25, 0.3) is 0 Å². The molecule has 0 amide bonds. The first kappa shape index (κ1) is 26.0. The van der Waals surface area contributed by atoms with E-state index in [1.807, 2.05) is 0 Å². The van der Waals surface area contributed by atoms with E-state index < -0.39 is 7.26 Å². The number of ether oxygens (including phenoxy) is 1. The molecule has 0 aliphatic carbocycles. The lowest BCUT2D eigenvalue weighted by atomic mass is 9.80. The van der Waals surface area contributed by atoms with Gasteiger partial charge in [-0.25, -0.2) is 0 Å². The van der Waals surface area contributed by atoms with Crippen LogP contribution in [0.3, 0.4) is 0 Å². The van der Waals surface area contributed by atoms with Crippen LogP contribution < -0.4 is 15.9 Å². The highest BCUT2D eigenvalue weighted by Gasteiger charge is 2.46. The second kappa shape index (κ2) is 10.9. The summed E-state index contributed by atoms with van der Waals surface area (Å²) in [7, 11) is -1.77. The number of rotatable bonds is 9. The summed E-state index contributed by atoms with van der Waals surface area (Å²) in [5.74, 6) is 0. The van der Waals surface area contributed by atoms with Crippen LogP contribution in [-0.4, -0.2) is 40.2 Å². The molecule has 35 heavy (non-hydrogen) atoms. The second-order valence-corrected chi connectivity index (χ2v) is 14.7. The molecule has 3 aromatic carbocycles. The van der Waals surface area contributed by atoms with Crippen LogP contribution >= 0.6 is 7.26 Å². The van der Waals surface area contributed by atoms with Crippen LogP contribution in [0, 0.1) is 0 Å². The fourth-order valence-corrected chi connectivity index (χ4v) is 10.3. The first-order valence-electron chi connectivity index (χ1n) is 12.9. The minimum Gasteiger partial charge on any atom is -0.378 e. The van der Waals surface area contributed by atoms with Gasteiger partial charge in [0.1, 0.15) is 23.2 Å². The Hall–Kier alpha value is -2.03. The van der Waals surface area contributed by atoms with Crippen molar-refractivity contribution in [2.75, 3.05) is 12.8 Å². The Morgan fingerprint density at radius 2 is 1.11 bits per heavy atom. The van der Waals surface area contributed by atoms with Gasteiger partial charge in [-0.3, -0.25) is 0 Å². The quantitative estimate of drug-likeness (QED) is 0.287. The van der Waals surface area contributed by atoms with Gasteiger partial charge in [-0.2, -0.15) is 5.06 Å². The van der Waals surface area contributed by atoms with Crippen LogP contribution in [0.5, 0.6) is 0 Å². The van der Waals surface area contributed by atoms with Crippen LogP contribution in [0.4, 0.5) is 0 Å². The molecule has 0 unspecified atom stereocenters. The molecule has 1 fully saturated rings. The maximum atomic E-state index is 10.6. The topological polar surface area (TPSA) is 32.7 Å². The smallest absolute Gasteiger partial charge is 0.112 e. The molecule has 0 saturated carbocycles. The number of benzene rings is 3.